The number of amides is 2. The Morgan fingerprint density at radius 1 is 1.25 bits per heavy atom. The summed E-state index contributed by atoms with van der Waals surface area (Å²) < 4.78 is 7.67. The normalized spacial score (nSPS) is 19.0. The Labute approximate surface area is 163 Å². The number of hydrogen-bond donors (Lipinski definition) is 0. The van der Waals surface area contributed by atoms with Crippen molar-refractivity contribution in [2.75, 3.05) is 19.8 Å². The molecule has 0 radical (unpaired) electrons. The van der Waals surface area contributed by atoms with Crippen LogP contribution in [0, 0.1) is 0 Å². The molecular formula is C21H22N4O3. The number of ether oxygens (including phenoxy) is 1. The molecule has 7 heteroatoms. The van der Waals surface area contributed by atoms with Gasteiger partial charge in [-0.15, -0.1) is 0 Å². The van der Waals surface area contributed by atoms with Gasteiger partial charge in [0.2, 0.25) is 5.91 Å². The highest BCUT2D eigenvalue weighted by Gasteiger charge is 2.32. The molecular weight excluding hydrogens is 356 g/mol. The van der Waals surface area contributed by atoms with Gasteiger partial charge in [0.25, 0.3) is 5.91 Å². The number of rotatable bonds is 2. The molecule has 1 saturated heterocycles. The molecule has 4 heterocycles. The van der Waals surface area contributed by atoms with E-state index in [2.05, 4.69) is 9.67 Å². The van der Waals surface area contributed by atoms with Gasteiger partial charge in [-0.1, -0.05) is 18.2 Å². The molecule has 2 aromatic rings. The molecule has 1 aromatic heterocycles. The summed E-state index contributed by atoms with van der Waals surface area (Å²) in [6, 6.07) is 6.07. The molecule has 144 valence electrons. The summed E-state index contributed by atoms with van der Waals surface area (Å²) in [5, 5.41) is 5.01. The van der Waals surface area contributed by atoms with Gasteiger partial charge in [0, 0.05) is 68.2 Å². The monoisotopic (exact) mass is 378 g/mol. The molecule has 3 aliphatic heterocycles. The van der Waals surface area contributed by atoms with Crippen molar-refractivity contribution >= 4 is 18.0 Å². The van der Waals surface area contributed by atoms with E-state index in [1.807, 2.05) is 23.1 Å². The predicted molar refractivity (Wildman–Crippen MR) is 103 cm³/mol. The minimum atomic E-state index is -0.223. The van der Waals surface area contributed by atoms with Crippen molar-refractivity contribution in [2.45, 2.75) is 38.8 Å². The van der Waals surface area contributed by atoms with E-state index < -0.39 is 0 Å². The molecule has 1 aromatic carbocycles. The average Bonchev–Trinajstić information content (AvgIpc) is 3.29. The largest absolute Gasteiger partial charge is 0.381 e. The number of nitrogens with zero attached hydrogens (tertiary/aromatic N) is 4. The Balaban J connectivity index is 1.66. The number of aromatic nitrogens is 2. The third kappa shape index (κ3) is 2.69. The van der Waals surface area contributed by atoms with Gasteiger partial charge in [-0.25, -0.2) is 4.99 Å². The van der Waals surface area contributed by atoms with E-state index in [9.17, 15) is 9.59 Å². The second-order valence-corrected chi connectivity index (χ2v) is 7.59. The lowest BCUT2D eigenvalue weighted by atomic mass is 9.95. The lowest BCUT2D eigenvalue weighted by molar-refractivity contribution is -0.129. The van der Waals surface area contributed by atoms with Crippen LogP contribution in [0.3, 0.4) is 0 Å². The summed E-state index contributed by atoms with van der Waals surface area (Å²) in [5.41, 5.74) is 5.30. The molecule has 0 unspecified atom stereocenters. The van der Waals surface area contributed by atoms with Gasteiger partial charge in [-0.2, -0.15) is 5.10 Å². The first-order chi connectivity index (χ1) is 13.6. The summed E-state index contributed by atoms with van der Waals surface area (Å²) in [7, 11) is 0. The minimum Gasteiger partial charge on any atom is -0.381 e. The molecule has 0 atom stereocenters. The van der Waals surface area contributed by atoms with Crippen molar-refractivity contribution in [3.8, 4) is 11.3 Å². The van der Waals surface area contributed by atoms with Crippen LogP contribution in [0.15, 0.2) is 23.2 Å². The summed E-state index contributed by atoms with van der Waals surface area (Å²) in [6.45, 7) is 4.31. The van der Waals surface area contributed by atoms with E-state index >= 15 is 0 Å². The van der Waals surface area contributed by atoms with Crippen LogP contribution < -0.4 is 0 Å². The van der Waals surface area contributed by atoms with Crippen molar-refractivity contribution < 1.29 is 14.3 Å². The second-order valence-electron chi connectivity index (χ2n) is 7.59. The Hall–Kier alpha value is -2.80. The highest BCUT2D eigenvalue weighted by Crippen LogP contribution is 2.37. The quantitative estimate of drug-likeness (QED) is 0.804. The van der Waals surface area contributed by atoms with Gasteiger partial charge >= 0.3 is 0 Å². The van der Waals surface area contributed by atoms with Crippen LogP contribution in [0.5, 0.6) is 0 Å². The summed E-state index contributed by atoms with van der Waals surface area (Å²) >= 11 is 0. The predicted octanol–water partition coefficient (Wildman–Crippen LogP) is 2.38. The van der Waals surface area contributed by atoms with Crippen molar-refractivity contribution in [2.24, 2.45) is 4.99 Å². The lowest BCUT2D eigenvalue weighted by Gasteiger charge is -2.29. The summed E-state index contributed by atoms with van der Waals surface area (Å²) in [4.78, 5) is 30.2. The van der Waals surface area contributed by atoms with E-state index in [0.29, 0.717) is 24.7 Å². The first-order valence-electron chi connectivity index (χ1n) is 9.79. The van der Waals surface area contributed by atoms with Crippen molar-refractivity contribution in [1.29, 1.82) is 0 Å². The maximum atomic E-state index is 12.4. The Morgan fingerprint density at radius 3 is 2.86 bits per heavy atom. The zero-order chi connectivity index (χ0) is 19.3. The number of carbonyl (C=O) groups excluding carboxylic acids is 2. The van der Waals surface area contributed by atoms with E-state index in [0.717, 1.165) is 54.9 Å². The van der Waals surface area contributed by atoms with E-state index in [-0.39, 0.29) is 11.8 Å². The van der Waals surface area contributed by atoms with Gasteiger partial charge in [0.1, 0.15) is 0 Å². The third-order valence-corrected chi connectivity index (χ3v) is 5.95. The maximum Gasteiger partial charge on any atom is 0.278 e. The maximum absolute atomic E-state index is 12.4. The van der Waals surface area contributed by atoms with Crippen LogP contribution >= 0.6 is 0 Å². The minimum absolute atomic E-state index is 0.0631. The Morgan fingerprint density at radius 2 is 2.07 bits per heavy atom. The van der Waals surface area contributed by atoms with Crippen molar-refractivity contribution in [3.63, 3.8) is 0 Å². The van der Waals surface area contributed by atoms with Crippen molar-refractivity contribution in [3.05, 3.63) is 40.6 Å². The zero-order valence-electron chi connectivity index (χ0n) is 15.9. The summed E-state index contributed by atoms with van der Waals surface area (Å²) in [6.07, 6.45) is 4.25. The Bertz CT molecular complexity index is 1000. The van der Waals surface area contributed by atoms with Gasteiger partial charge in [0.15, 0.2) is 0 Å². The van der Waals surface area contributed by atoms with E-state index in [1.165, 1.54) is 5.69 Å². The third-order valence-electron chi connectivity index (χ3n) is 5.95. The smallest absolute Gasteiger partial charge is 0.278 e. The molecule has 0 saturated carbocycles. The number of hydrogen-bond acceptors (Lipinski definition) is 4. The van der Waals surface area contributed by atoms with Gasteiger partial charge in [-0.05, 0) is 12.8 Å². The molecule has 0 aliphatic carbocycles. The molecule has 7 nitrogen and oxygen atoms in total. The van der Waals surface area contributed by atoms with Crippen LogP contribution in [0.4, 0.5) is 0 Å². The summed E-state index contributed by atoms with van der Waals surface area (Å²) in [5.74, 6) is -0.160. The fourth-order valence-corrected chi connectivity index (χ4v) is 4.47. The molecule has 3 aliphatic rings. The molecule has 0 N–H and O–H groups in total. The van der Waals surface area contributed by atoms with Crippen LogP contribution in [0.25, 0.3) is 11.3 Å². The zero-order valence-corrected chi connectivity index (χ0v) is 15.9. The van der Waals surface area contributed by atoms with E-state index in [1.54, 1.807) is 13.1 Å². The first kappa shape index (κ1) is 17.3. The highest BCUT2D eigenvalue weighted by atomic mass is 16.5. The SMILES string of the molecule is CC(=O)N1CCc2c(c(-c3cccc4c3C(=O)N=C4)nn2C2CCOCC2)C1. The van der Waals surface area contributed by atoms with Crippen molar-refractivity contribution in [1.82, 2.24) is 14.7 Å². The molecule has 5 rings (SSSR count). The van der Waals surface area contributed by atoms with Gasteiger partial charge in [-0.3, -0.25) is 14.3 Å². The standard InChI is InChI=1S/C21H22N4O3/c1-13(26)24-8-5-18-17(12-24)20(23-25(18)15-6-9-28-10-7-15)16-4-2-3-14-11-22-21(27)19(14)16/h2-4,11,15H,5-10,12H2,1H3. The molecule has 0 bridgehead atoms. The second kappa shape index (κ2) is 6.67. The van der Waals surface area contributed by atoms with Crippen LogP contribution in [-0.4, -0.2) is 52.5 Å². The molecule has 0 spiro atoms. The highest BCUT2D eigenvalue weighted by molar-refractivity contribution is 6.16. The number of fused-ring (bicyclic) bond motifs is 2. The lowest BCUT2D eigenvalue weighted by Crippen LogP contribution is -2.35. The van der Waals surface area contributed by atoms with Crippen LogP contribution in [0.2, 0.25) is 0 Å². The first-order valence-corrected chi connectivity index (χ1v) is 9.79. The number of carbonyl (C=O) groups is 2. The van der Waals surface area contributed by atoms with Crippen LogP contribution in [0.1, 0.15) is 53.0 Å². The number of benzene rings is 1. The van der Waals surface area contributed by atoms with Gasteiger partial charge < -0.3 is 9.64 Å². The average molecular weight is 378 g/mol. The van der Waals surface area contributed by atoms with E-state index in [4.69, 9.17) is 9.84 Å². The Kier molecular flexibility index (Phi) is 4.12. The molecule has 28 heavy (non-hydrogen) atoms. The fraction of sp³-hybridized carbons (Fsp3) is 0.429. The van der Waals surface area contributed by atoms with Gasteiger partial charge in [0.05, 0.1) is 17.3 Å². The number of aliphatic imine (C=N–C) groups is 1. The molecule has 2 amide bonds. The molecule has 1 fully saturated rings. The topological polar surface area (TPSA) is 76.8 Å². The fourth-order valence-electron chi connectivity index (χ4n) is 4.47. The van der Waals surface area contributed by atoms with Crippen LogP contribution in [-0.2, 0) is 22.5 Å².